The SMILES string of the molecule is Cc1c(CNC(=O)Cc2ccc(C(=O)O)cc2)cnn1C. The zero-order valence-corrected chi connectivity index (χ0v) is 12.0. The molecule has 0 fully saturated rings. The van der Waals surface area contributed by atoms with E-state index in [-0.39, 0.29) is 17.9 Å². The Labute approximate surface area is 122 Å². The predicted molar refractivity (Wildman–Crippen MR) is 76.9 cm³/mol. The Morgan fingerprint density at radius 1 is 1.29 bits per heavy atom. The van der Waals surface area contributed by atoms with Gasteiger partial charge in [-0.15, -0.1) is 0 Å². The molecule has 1 heterocycles. The fourth-order valence-corrected chi connectivity index (χ4v) is 1.92. The number of hydrogen-bond acceptors (Lipinski definition) is 3. The Morgan fingerprint density at radius 2 is 1.95 bits per heavy atom. The number of nitrogens with one attached hydrogen (secondary N) is 1. The Bertz CT molecular complexity index is 659. The first-order chi connectivity index (χ1) is 9.97. The fourth-order valence-electron chi connectivity index (χ4n) is 1.92. The monoisotopic (exact) mass is 287 g/mol. The molecule has 6 heteroatoms. The maximum absolute atomic E-state index is 11.9. The maximum Gasteiger partial charge on any atom is 0.335 e. The Kier molecular flexibility index (Phi) is 4.37. The summed E-state index contributed by atoms with van der Waals surface area (Å²) in [6.45, 7) is 2.38. The highest BCUT2D eigenvalue weighted by atomic mass is 16.4. The molecule has 1 aromatic heterocycles. The number of aromatic nitrogens is 2. The maximum atomic E-state index is 11.9. The van der Waals surface area contributed by atoms with Crippen molar-refractivity contribution < 1.29 is 14.7 Å². The van der Waals surface area contributed by atoms with E-state index in [1.807, 2.05) is 14.0 Å². The average Bonchev–Trinajstić information content (AvgIpc) is 2.77. The molecule has 0 unspecified atom stereocenters. The van der Waals surface area contributed by atoms with Crippen LogP contribution < -0.4 is 5.32 Å². The van der Waals surface area contributed by atoms with Gasteiger partial charge in [-0.25, -0.2) is 4.79 Å². The van der Waals surface area contributed by atoms with Crippen molar-refractivity contribution in [3.8, 4) is 0 Å². The van der Waals surface area contributed by atoms with E-state index in [0.717, 1.165) is 16.8 Å². The highest BCUT2D eigenvalue weighted by Gasteiger charge is 2.08. The number of carboxylic acids is 1. The third-order valence-corrected chi connectivity index (χ3v) is 3.38. The number of aryl methyl sites for hydroxylation is 1. The van der Waals surface area contributed by atoms with Crippen molar-refractivity contribution in [2.75, 3.05) is 0 Å². The van der Waals surface area contributed by atoms with Crippen molar-refractivity contribution in [2.45, 2.75) is 19.9 Å². The van der Waals surface area contributed by atoms with Crippen LogP contribution >= 0.6 is 0 Å². The molecule has 110 valence electrons. The van der Waals surface area contributed by atoms with Gasteiger partial charge in [-0.1, -0.05) is 12.1 Å². The quantitative estimate of drug-likeness (QED) is 0.867. The number of carbonyl (C=O) groups is 2. The molecule has 0 aliphatic carbocycles. The van der Waals surface area contributed by atoms with Gasteiger partial charge in [-0.2, -0.15) is 5.10 Å². The lowest BCUT2D eigenvalue weighted by Gasteiger charge is -2.05. The van der Waals surface area contributed by atoms with E-state index >= 15 is 0 Å². The van der Waals surface area contributed by atoms with E-state index in [9.17, 15) is 9.59 Å². The van der Waals surface area contributed by atoms with Gasteiger partial charge in [-0.3, -0.25) is 9.48 Å². The largest absolute Gasteiger partial charge is 0.478 e. The van der Waals surface area contributed by atoms with Gasteiger partial charge in [0.05, 0.1) is 18.2 Å². The van der Waals surface area contributed by atoms with E-state index in [4.69, 9.17) is 5.11 Å². The predicted octanol–water partition coefficient (Wildman–Crippen LogP) is 1.29. The van der Waals surface area contributed by atoms with Gasteiger partial charge >= 0.3 is 5.97 Å². The van der Waals surface area contributed by atoms with Gasteiger partial charge < -0.3 is 10.4 Å². The number of carbonyl (C=O) groups excluding carboxylic acids is 1. The second kappa shape index (κ2) is 6.21. The molecular formula is C15H17N3O3. The van der Waals surface area contributed by atoms with Crippen molar-refractivity contribution >= 4 is 11.9 Å². The molecule has 1 aromatic carbocycles. The van der Waals surface area contributed by atoms with Crippen LogP contribution in [0.15, 0.2) is 30.5 Å². The molecule has 0 atom stereocenters. The van der Waals surface area contributed by atoms with Crippen LogP contribution in [0.1, 0.15) is 27.2 Å². The van der Waals surface area contributed by atoms with E-state index in [1.165, 1.54) is 12.1 Å². The summed E-state index contributed by atoms with van der Waals surface area (Å²) in [7, 11) is 1.85. The van der Waals surface area contributed by atoms with Crippen LogP contribution in [0.5, 0.6) is 0 Å². The van der Waals surface area contributed by atoms with Crippen LogP contribution in [0.25, 0.3) is 0 Å². The molecule has 6 nitrogen and oxygen atoms in total. The third kappa shape index (κ3) is 3.68. The second-order valence-corrected chi connectivity index (χ2v) is 4.83. The highest BCUT2D eigenvalue weighted by molar-refractivity contribution is 5.87. The van der Waals surface area contributed by atoms with Crippen molar-refractivity contribution in [3.05, 3.63) is 52.8 Å². The van der Waals surface area contributed by atoms with Gasteiger partial charge in [0.1, 0.15) is 0 Å². The Balaban J connectivity index is 1.89. The summed E-state index contributed by atoms with van der Waals surface area (Å²) < 4.78 is 1.76. The first-order valence-electron chi connectivity index (χ1n) is 6.54. The van der Waals surface area contributed by atoms with E-state index in [0.29, 0.717) is 6.54 Å². The molecule has 0 aliphatic rings. The third-order valence-electron chi connectivity index (χ3n) is 3.38. The summed E-state index contributed by atoms with van der Waals surface area (Å²) in [5, 5.41) is 15.8. The first-order valence-corrected chi connectivity index (χ1v) is 6.54. The van der Waals surface area contributed by atoms with Crippen LogP contribution in [0.2, 0.25) is 0 Å². The van der Waals surface area contributed by atoms with E-state index in [2.05, 4.69) is 10.4 Å². The highest BCUT2D eigenvalue weighted by Crippen LogP contribution is 2.07. The number of nitrogens with zero attached hydrogens (tertiary/aromatic N) is 2. The van der Waals surface area contributed by atoms with Gasteiger partial charge in [0, 0.05) is 24.8 Å². The molecule has 0 radical (unpaired) electrons. The Morgan fingerprint density at radius 3 is 2.48 bits per heavy atom. The molecule has 2 N–H and O–H groups in total. The Hall–Kier alpha value is -2.63. The molecule has 0 saturated carbocycles. The topological polar surface area (TPSA) is 84.2 Å². The molecule has 2 aromatic rings. The molecule has 0 bridgehead atoms. The first kappa shape index (κ1) is 14.8. The lowest BCUT2D eigenvalue weighted by atomic mass is 10.1. The van der Waals surface area contributed by atoms with Gasteiger partial charge in [0.15, 0.2) is 0 Å². The molecule has 0 aliphatic heterocycles. The van der Waals surface area contributed by atoms with Crippen LogP contribution in [0, 0.1) is 6.92 Å². The average molecular weight is 287 g/mol. The van der Waals surface area contributed by atoms with Gasteiger partial charge in [0.25, 0.3) is 0 Å². The summed E-state index contributed by atoms with van der Waals surface area (Å²) in [5.74, 6) is -1.08. The number of rotatable bonds is 5. The van der Waals surface area contributed by atoms with Crippen LogP contribution in [-0.4, -0.2) is 26.8 Å². The minimum atomic E-state index is -0.974. The van der Waals surface area contributed by atoms with Crippen molar-refractivity contribution in [1.82, 2.24) is 15.1 Å². The number of hydrogen-bond donors (Lipinski definition) is 2. The standard InChI is InChI=1S/C15H17N3O3/c1-10-13(9-17-18(10)2)8-16-14(19)7-11-3-5-12(6-4-11)15(20)21/h3-6,9H,7-8H2,1-2H3,(H,16,19)(H,20,21). The summed E-state index contributed by atoms with van der Waals surface area (Å²) in [4.78, 5) is 22.6. The van der Waals surface area contributed by atoms with Gasteiger partial charge in [0.2, 0.25) is 5.91 Å². The van der Waals surface area contributed by atoms with E-state index < -0.39 is 5.97 Å². The van der Waals surface area contributed by atoms with Crippen LogP contribution in [0.4, 0.5) is 0 Å². The minimum Gasteiger partial charge on any atom is -0.478 e. The lowest BCUT2D eigenvalue weighted by Crippen LogP contribution is -2.24. The molecule has 21 heavy (non-hydrogen) atoms. The normalized spacial score (nSPS) is 10.4. The molecule has 0 spiro atoms. The molecule has 2 rings (SSSR count). The molecule has 1 amide bonds. The van der Waals surface area contributed by atoms with Crippen LogP contribution in [0.3, 0.4) is 0 Å². The van der Waals surface area contributed by atoms with E-state index in [1.54, 1.807) is 23.0 Å². The molecule has 0 saturated heterocycles. The van der Waals surface area contributed by atoms with Crippen molar-refractivity contribution in [2.24, 2.45) is 7.05 Å². The number of carboxylic acid groups (broad SMARTS) is 1. The summed E-state index contributed by atoms with van der Waals surface area (Å²) in [5.41, 5.74) is 2.98. The summed E-state index contributed by atoms with van der Waals surface area (Å²) in [6.07, 6.45) is 1.95. The molecular weight excluding hydrogens is 270 g/mol. The number of benzene rings is 1. The van der Waals surface area contributed by atoms with Crippen molar-refractivity contribution in [1.29, 1.82) is 0 Å². The zero-order valence-electron chi connectivity index (χ0n) is 12.0. The zero-order chi connectivity index (χ0) is 15.4. The number of amides is 1. The van der Waals surface area contributed by atoms with Gasteiger partial charge in [-0.05, 0) is 24.6 Å². The fraction of sp³-hybridized carbons (Fsp3) is 0.267. The van der Waals surface area contributed by atoms with Crippen molar-refractivity contribution in [3.63, 3.8) is 0 Å². The van der Waals surface area contributed by atoms with Crippen LogP contribution in [-0.2, 0) is 24.8 Å². The lowest BCUT2D eigenvalue weighted by molar-refractivity contribution is -0.120. The number of aromatic carboxylic acids is 1. The summed E-state index contributed by atoms with van der Waals surface area (Å²) >= 11 is 0. The minimum absolute atomic E-state index is 0.110. The smallest absolute Gasteiger partial charge is 0.335 e. The second-order valence-electron chi connectivity index (χ2n) is 4.83. The summed E-state index contributed by atoms with van der Waals surface area (Å²) in [6, 6.07) is 6.29.